The molecule has 0 aromatic carbocycles. The van der Waals surface area contributed by atoms with E-state index < -0.39 is 17.8 Å². The van der Waals surface area contributed by atoms with Crippen LogP contribution in [0.15, 0.2) is 47.2 Å². The number of dihydropyridines is 1. The van der Waals surface area contributed by atoms with E-state index in [4.69, 9.17) is 0 Å². The highest BCUT2D eigenvalue weighted by atomic mass is 19.4. The number of hydrogen-bond acceptors (Lipinski definition) is 2. The molecule has 0 bridgehead atoms. The van der Waals surface area contributed by atoms with E-state index in [1.54, 1.807) is 6.20 Å². The van der Waals surface area contributed by atoms with Gasteiger partial charge in [-0.1, -0.05) is 37.6 Å². The second kappa shape index (κ2) is 7.39. The Labute approximate surface area is 136 Å². The summed E-state index contributed by atoms with van der Waals surface area (Å²) in [6.45, 7) is 6.90. The van der Waals surface area contributed by atoms with Gasteiger partial charge in [-0.2, -0.15) is 13.2 Å². The van der Waals surface area contributed by atoms with Gasteiger partial charge in [-0.05, 0) is 50.1 Å². The van der Waals surface area contributed by atoms with Crippen LogP contribution in [0, 0.1) is 5.92 Å². The summed E-state index contributed by atoms with van der Waals surface area (Å²) in [5.74, 6) is 0.284. The SMILES string of the molecule is C/C(=C(\C=C/C(C)C)[C@H]1NC=CC=C1C(F)(F)F)C1CCCN1. The maximum absolute atomic E-state index is 13.4. The van der Waals surface area contributed by atoms with Crippen LogP contribution in [-0.2, 0) is 0 Å². The normalized spacial score (nSPS) is 26.5. The molecule has 2 nitrogen and oxygen atoms in total. The number of halogens is 3. The molecule has 0 aromatic rings. The van der Waals surface area contributed by atoms with Crippen LogP contribution in [0.3, 0.4) is 0 Å². The minimum absolute atomic E-state index is 0.156. The van der Waals surface area contributed by atoms with E-state index in [0.29, 0.717) is 5.57 Å². The van der Waals surface area contributed by atoms with Crippen LogP contribution < -0.4 is 10.6 Å². The molecule has 2 aliphatic rings. The van der Waals surface area contributed by atoms with Crippen LogP contribution in [0.4, 0.5) is 13.2 Å². The van der Waals surface area contributed by atoms with E-state index in [2.05, 4.69) is 10.6 Å². The van der Waals surface area contributed by atoms with Crippen molar-refractivity contribution in [3.05, 3.63) is 47.2 Å². The predicted molar refractivity (Wildman–Crippen MR) is 87.9 cm³/mol. The summed E-state index contributed by atoms with van der Waals surface area (Å²) in [5, 5.41) is 6.28. The lowest BCUT2D eigenvalue weighted by Crippen LogP contribution is -2.38. The van der Waals surface area contributed by atoms with Gasteiger partial charge in [-0.15, -0.1) is 0 Å². The van der Waals surface area contributed by atoms with E-state index in [9.17, 15) is 13.2 Å². The fourth-order valence-electron chi connectivity index (χ4n) is 3.01. The summed E-state index contributed by atoms with van der Waals surface area (Å²) in [7, 11) is 0. The van der Waals surface area contributed by atoms with Crippen LogP contribution in [-0.4, -0.2) is 24.8 Å². The smallest absolute Gasteiger partial charge is 0.380 e. The van der Waals surface area contributed by atoms with E-state index in [-0.39, 0.29) is 12.0 Å². The summed E-state index contributed by atoms with van der Waals surface area (Å²) in [5.41, 5.74) is 1.16. The third kappa shape index (κ3) is 4.50. The lowest BCUT2D eigenvalue weighted by atomic mass is 9.88. The molecular weight excluding hydrogens is 301 g/mol. The molecule has 2 heterocycles. The first-order valence-corrected chi connectivity index (χ1v) is 8.13. The van der Waals surface area contributed by atoms with E-state index in [1.807, 2.05) is 32.9 Å². The number of rotatable bonds is 4. The Hall–Kier alpha value is -1.49. The molecular formula is C18H25F3N2. The molecule has 0 spiro atoms. The monoisotopic (exact) mass is 326 g/mol. The molecule has 1 unspecified atom stereocenters. The Kier molecular flexibility index (Phi) is 5.74. The Balaban J connectivity index is 2.42. The zero-order chi connectivity index (χ0) is 17.0. The van der Waals surface area contributed by atoms with Crippen molar-refractivity contribution in [3.63, 3.8) is 0 Å². The Morgan fingerprint density at radius 1 is 1.35 bits per heavy atom. The maximum Gasteiger partial charge on any atom is 0.414 e. The number of hydrogen-bond donors (Lipinski definition) is 2. The quantitative estimate of drug-likeness (QED) is 0.755. The van der Waals surface area contributed by atoms with Crippen molar-refractivity contribution < 1.29 is 13.2 Å². The van der Waals surface area contributed by atoms with Gasteiger partial charge in [0.25, 0.3) is 0 Å². The highest BCUT2D eigenvalue weighted by Gasteiger charge is 2.40. The highest BCUT2D eigenvalue weighted by molar-refractivity contribution is 5.44. The van der Waals surface area contributed by atoms with Gasteiger partial charge >= 0.3 is 6.18 Å². The van der Waals surface area contributed by atoms with Gasteiger partial charge in [-0.25, -0.2) is 0 Å². The van der Waals surface area contributed by atoms with Crippen molar-refractivity contribution in [2.45, 2.75) is 51.9 Å². The Bertz CT molecular complexity index is 533. The molecule has 5 heteroatoms. The first-order valence-electron chi connectivity index (χ1n) is 8.13. The molecule has 0 aromatic heterocycles. The minimum atomic E-state index is -4.34. The second-order valence-corrected chi connectivity index (χ2v) is 6.47. The third-order valence-electron chi connectivity index (χ3n) is 4.28. The molecule has 1 fully saturated rings. The molecule has 0 amide bonds. The maximum atomic E-state index is 13.4. The highest BCUT2D eigenvalue weighted by Crippen LogP contribution is 2.34. The predicted octanol–water partition coefficient (Wildman–Crippen LogP) is 4.24. The minimum Gasteiger partial charge on any atom is -0.380 e. The van der Waals surface area contributed by atoms with Crippen LogP contribution in [0.25, 0.3) is 0 Å². The van der Waals surface area contributed by atoms with Crippen molar-refractivity contribution in [1.29, 1.82) is 0 Å². The number of allylic oxidation sites excluding steroid dienone is 3. The van der Waals surface area contributed by atoms with Gasteiger partial charge in [0.1, 0.15) is 0 Å². The molecule has 128 valence electrons. The number of alkyl halides is 3. The van der Waals surface area contributed by atoms with Gasteiger partial charge in [0.2, 0.25) is 0 Å². The average Bonchev–Trinajstić information content (AvgIpc) is 3.00. The molecule has 2 aliphatic heterocycles. The van der Waals surface area contributed by atoms with Gasteiger partial charge < -0.3 is 10.6 Å². The molecule has 23 heavy (non-hydrogen) atoms. The summed E-state index contributed by atoms with van der Waals surface area (Å²) in [6, 6.07) is -0.693. The Morgan fingerprint density at radius 2 is 2.09 bits per heavy atom. The molecule has 2 rings (SSSR count). The largest absolute Gasteiger partial charge is 0.414 e. The van der Waals surface area contributed by atoms with Gasteiger partial charge in [0.05, 0.1) is 11.6 Å². The van der Waals surface area contributed by atoms with E-state index in [1.165, 1.54) is 12.2 Å². The zero-order valence-corrected chi connectivity index (χ0v) is 13.9. The average molecular weight is 326 g/mol. The standard InChI is InChI=1S/C18H25F3N2/c1-12(2)8-9-14(13(3)16-7-5-10-22-16)17-15(18(19,20)21)6-4-11-23-17/h4,6,8-9,11-12,16-17,22-23H,5,7,10H2,1-3H3/b9-8-,14-13-/t16?,17-/m1/s1. The summed E-state index contributed by atoms with van der Waals surface area (Å²) >= 11 is 0. The van der Waals surface area contributed by atoms with Crippen LogP contribution in [0.1, 0.15) is 33.6 Å². The van der Waals surface area contributed by atoms with E-state index >= 15 is 0 Å². The third-order valence-corrected chi connectivity index (χ3v) is 4.28. The summed E-state index contributed by atoms with van der Waals surface area (Å²) in [6.07, 6.45) is 5.66. The molecule has 2 N–H and O–H groups in total. The second-order valence-electron chi connectivity index (χ2n) is 6.47. The number of nitrogens with one attached hydrogen (secondary N) is 2. The molecule has 0 radical (unpaired) electrons. The van der Waals surface area contributed by atoms with E-state index in [0.717, 1.165) is 25.0 Å². The van der Waals surface area contributed by atoms with Crippen molar-refractivity contribution in [1.82, 2.24) is 10.6 Å². The van der Waals surface area contributed by atoms with Gasteiger partial charge in [0.15, 0.2) is 0 Å². The van der Waals surface area contributed by atoms with Gasteiger partial charge in [0, 0.05) is 6.04 Å². The van der Waals surface area contributed by atoms with Crippen molar-refractivity contribution in [2.75, 3.05) is 6.54 Å². The van der Waals surface area contributed by atoms with Crippen LogP contribution in [0.2, 0.25) is 0 Å². The Morgan fingerprint density at radius 3 is 2.65 bits per heavy atom. The first-order chi connectivity index (χ1) is 10.8. The fraction of sp³-hybridized carbons (Fsp3) is 0.556. The molecule has 0 aliphatic carbocycles. The zero-order valence-electron chi connectivity index (χ0n) is 13.9. The van der Waals surface area contributed by atoms with Gasteiger partial charge in [-0.3, -0.25) is 0 Å². The summed E-state index contributed by atoms with van der Waals surface area (Å²) in [4.78, 5) is 0. The lowest BCUT2D eigenvalue weighted by Gasteiger charge is -2.29. The van der Waals surface area contributed by atoms with Crippen LogP contribution >= 0.6 is 0 Å². The molecule has 0 saturated carbocycles. The first kappa shape index (κ1) is 17.9. The fourth-order valence-corrected chi connectivity index (χ4v) is 3.01. The van der Waals surface area contributed by atoms with Crippen molar-refractivity contribution in [3.8, 4) is 0 Å². The molecule has 2 atom stereocenters. The summed E-state index contributed by atoms with van der Waals surface area (Å²) < 4.78 is 40.2. The molecule has 1 saturated heterocycles. The van der Waals surface area contributed by atoms with Crippen molar-refractivity contribution in [2.24, 2.45) is 5.92 Å². The van der Waals surface area contributed by atoms with Crippen LogP contribution in [0.5, 0.6) is 0 Å². The topological polar surface area (TPSA) is 24.1 Å². The van der Waals surface area contributed by atoms with Crippen molar-refractivity contribution >= 4 is 0 Å². The lowest BCUT2D eigenvalue weighted by molar-refractivity contribution is -0.0953.